The van der Waals surface area contributed by atoms with E-state index in [2.05, 4.69) is 17.2 Å². The van der Waals surface area contributed by atoms with Crippen LogP contribution in [0.25, 0.3) is 0 Å². The van der Waals surface area contributed by atoms with Crippen molar-refractivity contribution in [3.8, 4) is 17.6 Å². The molecule has 0 spiro atoms. The van der Waals surface area contributed by atoms with Crippen LogP contribution in [0.2, 0.25) is 5.02 Å². The van der Waals surface area contributed by atoms with E-state index in [0.717, 1.165) is 0 Å². The van der Waals surface area contributed by atoms with Crippen LogP contribution in [-0.2, 0) is 9.59 Å². The van der Waals surface area contributed by atoms with Crippen molar-refractivity contribution in [3.63, 3.8) is 0 Å². The third-order valence-electron chi connectivity index (χ3n) is 4.56. The van der Waals surface area contributed by atoms with Gasteiger partial charge in [0.15, 0.2) is 0 Å². The van der Waals surface area contributed by atoms with Crippen molar-refractivity contribution in [1.29, 1.82) is 0 Å². The Kier molecular flexibility index (Phi) is 6.94. The number of rotatable bonds is 6. The molecule has 154 valence electrons. The van der Waals surface area contributed by atoms with Crippen molar-refractivity contribution in [2.24, 2.45) is 11.7 Å². The third-order valence-corrected chi connectivity index (χ3v) is 4.81. The van der Waals surface area contributed by atoms with E-state index in [1.54, 1.807) is 53.4 Å². The molecule has 1 heterocycles. The minimum absolute atomic E-state index is 0.0480. The highest BCUT2D eigenvalue weighted by atomic mass is 35.5. The quantitative estimate of drug-likeness (QED) is 0.691. The molecule has 30 heavy (non-hydrogen) atoms. The molecule has 0 aliphatic carbocycles. The van der Waals surface area contributed by atoms with Crippen LogP contribution in [0.4, 0.5) is 5.69 Å². The predicted octanol–water partition coefficient (Wildman–Crippen LogP) is 1.99. The number of nitrogens with one attached hydrogen (secondary N) is 1. The second-order valence-electron chi connectivity index (χ2n) is 6.60. The van der Waals surface area contributed by atoms with Gasteiger partial charge in [0.2, 0.25) is 11.8 Å². The van der Waals surface area contributed by atoms with Gasteiger partial charge in [-0.25, -0.2) is 0 Å². The molecule has 0 aromatic heterocycles. The van der Waals surface area contributed by atoms with Gasteiger partial charge < -0.3 is 20.7 Å². The first kappa shape index (κ1) is 21.2. The van der Waals surface area contributed by atoms with Crippen molar-refractivity contribution in [2.45, 2.75) is 6.42 Å². The summed E-state index contributed by atoms with van der Waals surface area (Å²) in [5.74, 6) is 4.56. The molecule has 1 aliphatic rings. The zero-order valence-corrected chi connectivity index (χ0v) is 16.8. The fourth-order valence-electron chi connectivity index (χ4n) is 3.05. The molecule has 2 aromatic rings. The second-order valence-corrected chi connectivity index (χ2v) is 7.04. The van der Waals surface area contributed by atoms with Gasteiger partial charge in [-0.1, -0.05) is 35.6 Å². The van der Waals surface area contributed by atoms with E-state index in [1.807, 2.05) is 0 Å². The summed E-state index contributed by atoms with van der Waals surface area (Å²) in [6, 6.07) is 13.5. The normalized spacial score (nSPS) is 15.3. The van der Waals surface area contributed by atoms with Crippen LogP contribution in [0.15, 0.2) is 48.5 Å². The van der Waals surface area contributed by atoms with E-state index in [-0.39, 0.29) is 37.0 Å². The van der Waals surface area contributed by atoms with Gasteiger partial charge in [0.1, 0.15) is 12.4 Å². The number of hydrogen-bond acceptors (Lipinski definition) is 4. The van der Waals surface area contributed by atoms with Crippen molar-refractivity contribution in [3.05, 3.63) is 59.1 Å². The molecule has 1 unspecified atom stereocenters. The molecule has 1 fully saturated rings. The molecule has 3 amide bonds. The van der Waals surface area contributed by atoms with E-state index in [0.29, 0.717) is 23.0 Å². The van der Waals surface area contributed by atoms with Gasteiger partial charge in [-0.2, -0.15) is 0 Å². The Morgan fingerprint density at radius 3 is 2.63 bits per heavy atom. The fourth-order valence-corrected chi connectivity index (χ4v) is 3.18. The Bertz CT molecular complexity index is 1010. The van der Waals surface area contributed by atoms with Gasteiger partial charge in [0.05, 0.1) is 18.0 Å². The summed E-state index contributed by atoms with van der Waals surface area (Å²) >= 11 is 5.87. The highest BCUT2D eigenvalue weighted by Crippen LogP contribution is 2.26. The van der Waals surface area contributed by atoms with Crippen LogP contribution in [-0.4, -0.2) is 37.4 Å². The first-order valence-electron chi connectivity index (χ1n) is 9.26. The van der Waals surface area contributed by atoms with E-state index < -0.39 is 11.8 Å². The third kappa shape index (κ3) is 5.31. The molecule has 0 saturated carbocycles. The molecule has 1 aliphatic heterocycles. The number of halogens is 1. The maximum atomic E-state index is 12.3. The number of hydrogen-bond donors (Lipinski definition) is 2. The monoisotopic (exact) mass is 425 g/mol. The number of carbonyl (C=O) groups is 3. The SMILES string of the molecule is NC(=O)c1ccccc1OCC#CCNC(=O)C1CC(=O)N(c2ccc(Cl)cc2)C1. The lowest BCUT2D eigenvalue weighted by Crippen LogP contribution is -2.33. The standard InChI is InChI=1S/C22H20ClN3O4/c23-16-7-9-17(10-8-16)26-14-15(13-20(26)27)22(29)25-11-3-4-12-30-19-6-2-1-5-18(19)21(24)28/h1-2,5-10,15H,11-14H2,(H2,24,28)(H,25,29). The van der Waals surface area contributed by atoms with Crippen molar-refractivity contribution < 1.29 is 19.1 Å². The number of nitrogens with two attached hydrogens (primary N) is 1. The lowest BCUT2D eigenvalue weighted by Gasteiger charge is -2.16. The second kappa shape index (κ2) is 9.81. The molecule has 0 bridgehead atoms. The average Bonchev–Trinajstić information content (AvgIpc) is 3.13. The van der Waals surface area contributed by atoms with Gasteiger partial charge in [0, 0.05) is 23.7 Å². The molecule has 2 aromatic carbocycles. The topological polar surface area (TPSA) is 102 Å². The lowest BCUT2D eigenvalue weighted by molar-refractivity contribution is -0.126. The highest BCUT2D eigenvalue weighted by Gasteiger charge is 2.34. The van der Waals surface area contributed by atoms with Crippen LogP contribution in [0.3, 0.4) is 0 Å². The number of amides is 3. The lowest BCUT2D eigenvalue weighted by atomic mass is 10.1. The highest BCUT2D eigenvalue weighted by molar-refractivity contribution is 6.30. The van der Waals surface area contributed by atoms with Crippen molar-refractivity contribution in [2.75, 3.05) is 24.6 Å². The number of carbonyl (C=O) groups excluding carboxylic acids is 3. The van der Waals surface area contributed by atoms with Gasteiger partial charge in [-0.15, -0.1) is 0 Å². The molecule has 8 heteroatoms. The minimum atomic E-state index is -0.579. The Labute approximate surface area is 179 Å². The molecule has 7 nitrogen and oxygen atoms in total. The van der Waals surface area contributed by atoms with Crippen LogP contribution in [0.1, 0.15) is 16.8 Å². The Morgan fingerprint density at radius 2 is 1.90 bits per heavy atom. The van der Waals surface area contributed by atoms with Crippen molar-refractivity contribution in [1.82, 2.24) is 5.32 Å². The zero-order chi connectivity index (χ0) is 21.5. The van der Waals surface area contributed by atoms with Gasteiger partial charge in [0.25, 0.3) is 5.91 Å². The summed E-state index contributed by atoms with van der Waals surface area (Å²) in [4.78, 5) is 37.5. The molecule has 1 saturated heterocycles. The minimum Gasteiger partial charge on any atom is -0.480 e. The van der Waals surface area contributed by atoms with E-state index >= 15 is 0 Å². The maximum absolute atomic E-state index is 12.3. The van der Waals surface area contributed by atoms with Crippen LogP contribution in [0.5, 0.6) is 5.75 Å². The number of para-hydroxylation sites is 1. The smallest absolute Gasteiger partial charge is 0.252 e. The number of primary amides is 1. The Hall–Kier alpha value is -3.50. The average molecular weight is 426 g/mol. The summed E-state index contributed by atoms with van der Waals surface area (Å²) in [5, 5.41) is 3.30. The first-order chi connectivity index (χ1) is 14.5. The number of benzene rings is 2. The van der Waals surface area contributed by atoms with Gasteiger partial charge in [-0.3, -0.25) is 14.4 Å². The number of ether oxygens (including phenoxy) is 1. The molecule has 3 rings (SSSR count). The largest absolute Gasteiger partial charge is 0.480 e. The zero-order valence-electron chi connectivity index (χ0n) is 16.1. The number of nitrogens with zero attached hydrogens (tertiary/aromatic N) is 1. The molecule has 1 atom stereocenters. The molecular weight excluding hydrogens is 406 g/mol. The van der Waals surface area contributed by atoms with Gasteiger partial charge in [-0.05, 0) is 36.4 Å². The number of anilines is 1. The molecule has 0 radical (unpaired) electrons. The van der Waals surface area contributed by atoms with Crippen molar-refractivity contribution >= 4 is 35.0 Å². The van der Waals surface area contributed by atoms with E-state index in [1.165, 1.54) is 0 Å². The van der Waals surface area contributed by atoms with Crippen LogP contribution >= 0.6 is 11.6 Å². The maximum Gasteiger partial charge on any atom is 0.252 e. The fraction of sp³-hybridized carbons (Fsp3) is 0.227. The van der Waals surface area contributed by atoms with E-state index in [9.17, 15) is 14.4 Å². The van der Waals surface area contributed by atoms with Crippen LogP contribution in [0, 0.1) is 17.8 Å². The van der Waals surface area contributed by atoms with Gasteiger partial charge >= 0.3 is 0 Å². The Balaban J connectivity index is 1.45. The van der Waals surface area contributed by atoms with Crippen LogP contribution < -0.4 is 20.7 Å². The van der Waals surface area contributed by atoms with E-state index in [4.69, 9.17) is 22.1 Å². The first-order valence-corrected chi connectivity index (χ1v) is 9.64. The summed E-state index contributed by atoms with van der Waals surface area (Å²) in [5.41, 5.74) is 6.28. The summed E-state index contributed by atoms with van der Waals surface area (Å²) < 4.78 is 5.44. The summed E-state index contributed by atoms with van der Waals surface area (Å²) in [6.07, 6.45) is 0.148. The summed E-state index contributed by atoms with van der Waals surface area (Å²) in [7, 11) is 0. The predicted molar refractivity (Wildman–Crippen MR) is 113 cm³/mol. The summed E-state index contributed by atoms with van der Waals surface area (Å²) in [6.45, 7) is 0.491. The molecule has 3 N–H and O–H groups in total. The Morgan fingerprint density at radius 1 is 1.17 bits per heavy atom. The molecular formula is C22H20ClN3O4.